The molecule has 142 valence electrons. The van der Waals surface area contributed by atoms with Gasteiger partial charge in [-0.2, -0.15) is 11.8 Å². The van der Waals surface area contributed by atoms with Crippen molar-refractivity contribution in [2.45, 2.75) is 31.3 Å². The summed E-state index contributed by atoms with van der Waals surface area (Å²) in [6.45, 7) is -0.278. The molecule has 0 fully saturated rings. The number of carbonyl (C=O) groups is 4. The summed E-state index contributed by atoms with van der Waals surface area (Å²) in [6.07, 6.45) is 2.25. The second kappa shape index (κ2) is 17.5. The maximum Gasteiger partial charge on any atom is 0.320 e. The first kappa shape index (κ1) is 27.0. The zero-order valence-electron chi connectivity index (χ0n) is 13.3. The fourth-order valence-electron chi connectivity index (χ4n) is 0.771. The Labute approximate surface area is 143 Å². The van der Waals surface area contributed by atoms with Crippen molar-refractivity contribution in [2.24, 2.45) is 17.2 Å². The molecule has 0 aliphatic rings. The summed E-state index contributed by atoms with van der Waals surface area (Å²) in [6, 6.07) is -1.74. The number of aliphatic carboxylic acids is 4. The molecule has 0 aliphatic carbocycles. The lowest BCUT2D eigenvalue weighted by molar-refractivity contribution is -0.140. The highest BCUT2D eigenvalue weighted by atomic mass is 32.2. The van der Waals surface area contributed by atoms with Crippen molar-refractivity contribution in [1.82, 2.24) is 0 Å². The topological polar surface area (TPSA) is 227 Å². The smallest absolute Gasteiger partial charge is 0.320 e. The minimum atomic E-state index is -1.17. The summed E-state index contributed by atoms with van der Waals surface area (Å²) in [4.78, 5) is 39.2. The van der Waals surface area contributed by atoms with Crippen molar-refractivity contribution in [2.75, 3.05) is 18.6 Å². The highest BCUT2D eigenvalue weighted by Crippen LogP contribution is 1.97. The molecular formula is C12H25N3O8S. The number of carboxylic acid groups (broad SMARTS) is 4. The van der Waals surface area contributed by atoms with Gasteiger partial charge in [-0.15, -0.1) is 0 Å². The zero-order chi connectivity index (χ0) is 19.7. The largest absolute Gasteiger partial charge is 0.481 e. The normalized spacial score (nSPS) is 11.7. The van der Waals surface area contributed by atoms with Crippen LogP contribution in [0.25, 0.3) is 0 Å². The molecule has 0 aromatic heterocycles. The van der Waals surface area contributed by atoms with Crippen LogP contribution in [0.2, 0.25) is 0 Å². The Morgan fingerprint density at radius 1 is 0.875 bits per heavy atom. The third kappa shape index (κ3) is 25.1. The molecule has 0 aromatic carbocycles. The van der Waals surface area contributed by atoms with Crippen LogP contribution in [-0.4, -0.2) is 74.9 Å². The van der Waals surface area contributed by atoms with E-state index in [2.05, 4.69) is 5.73 Å². The van der Waals surface area contributed by atoms with Gasteiger partial charge in [0, 0.05) is 6.42 Å². The summed E-state index contributed by atoms with van der Waals surface area (Å²) in [5, 5.41) is 32.1. The van der Waals surface area contributed by atoms with Crippen LogP contribution >= 0.6 is 11.8 Å². The van der Waals surface area contributed by atoms with Gasteiger partial charge < -0.3 is 37.6 Å². The van der Waals surface area contributed by atoms with E-state index in [0.29, 0.717) is 6.42 Å². The van der Waals surface area contributed by atoms with Crippen molar-refractivity contribution in [3.05, 3.63) is 0 Å². The maximum atomic E-state index is 10.1. The molecule has 0 aromatic rings. The van der Waals surface area contributed by atoms with Crippen molar-refractivity contribution < 1.29 is 39.6 Å². The predicted octanol–water partition coefficient (Wildman–Crippen LogP) is -1.56. The molecule has 0 amide bonds. The molecule has 10 N–H and O–H groups in total. The second-order valence-corrected chi connectivity index (χ2v) is 5.19. The molecule has 0 bridgehead atoms. The molecule has 0 spiro atoms. The lowest BCUT2D eigenvalue weighted by atomic mass is 10.2. The van der Waals surface area contributed by atoms with Crippen LogP contribution in [0.3, 0.4) is 0 Å². The average molecular weight is 371 g/mol. The molecular weight excluding hydrogens is 346 g/mol. The Morgan fingerprint density at radius 2 is 1.25 bits per heavy atom. The van der Waals surface area contributed by atoms with Gasteiger partial charge in [-0.3, -0.25) is 19.2 Å². The molecule has 24 heavy (non-hydrogen) atoms. The molecule has 0 unspecified atom stereocenters. The Balaban J connectivity index is -0.000000291. The lowest BCUT2D eigenvalue weighted by Gasteiger charge is -2.02. The standard InChI is InChI=1S/C5H9NO4.C5H11NO2S.C2H5NO2/c6-3(5(9)10)1-2-4(7)8;1-9-3-2-4(6)5(7)8;3-1-2(4)5/h3H,1-2,6H2,(H,7,8)(H,9,10);4H,2-3,6H2,1H3,(H,7,8);1,3H2,(H,4,5)/t3-;4-;/m11./s1. The van der Waals surface area contributed by atoms with Crippen molar-refractivity contribution in [3.8, 4) is 0 Å². The third-order valence-corrected chi connectivity index (χ3v) is 2.76. The molecule has 0 rings (SSSR count). The maximum absolute atomic E-state index is 10.1. The monoisotopic (exact) mass is 371 g/mol. The molecule has 0 saturated heterocycles. The van der Waals surface area contributed by atoms with Gasteiger partial charge in [-0.1, -0.05) is 0 Å². The minimum absolute atomic E-state index is 0.0231. The summed E-state index contributed by atoms with van der Waals surface area (Å²) in [5.41, 5.74) is 14.8. The molecule has 2 atom stereocenters. The predicted molar refractivity (Wildman–Crippen MR) is 87.8 cm³/mol. The molecule has 0 radical (unpaired) electrons. The summed E-state index contributed by atoms with van der Waals surface area (Å²) in [7, 11) is 0. The highest BCUT2D eigenvalue weighted by Gasteiger charge is 2.12. The van der Waals surface area contributed by atoms with Crippen LogP contribution in [0.15, 0.2) is 0 Å². The molecule has 0 heterocycles. The quantitative estimate of drug-likeness (QED) is 0.244. The van der Waals surface area contributed by atoms with Gasteiger partial charge in [0.25, 0.3) is 0 Å². The summed E-state index contributed by atoms with van der Waals surface area (Å²) in [5.74, 6) is -3.26. The Hall–Kier alpha value is -1.89. The van der Waals surface area contributed by atoms with Gasteiger partial charge in [-0.05, 0) is 24.9 Å². The first-order valence-electron chi connectivity index (χ1n) is 6.58. The van der Waals surface area contributed by atoms with Gasteiger partial charge in [-0.25, -0.2) is 0 Å². The van der Waals surface area contributed by atoms with E-state index in [4.69, 9.17) is 31.9 Å². The van der Waals surface area contributed by atoms with Crippen molar-refractivity contribution >= 4 is 35.6 Å². The first-order chi connectivity index (χ1) is 11.0. The van der Waals surface area contributed by atoms with Crippen LogP contribution < -0.4 is 17.2 Å². The Bertz CT molecular complexity index is 394. The summed E-state index contributed by atoms with van der Waals surface area (Å²) >= 11 is 1.60. The van der Waals surface area contributed by atoms with E-state index >= 15 is 0 Å². The van der Waals surface area contributed by atoms with Crippen LogP contribution in [0.5, 0.6) is 0 Å². The number of thioether (sulfide) groups is 1. The van der Waals surface area contributed by atoms with Gasteiger partial charge >= 0.3 is 23.9 Å². The van der Waals surface area contributed by atoms with E-state index in [1.54, 1.807) is 11.8 Å². The third-order valence-electron chi connectivity index (χ3n) is 2.11. The van der Waals surface area contributed by atoms with E-state index in [0.717, 1.165) is 5.75 Å². The Kier molecular flexibility index (Phi) is 19.6. The van der Waals surface area contributed by atoms with Crippen molar-refractivity contribution in [3.63, 3.8) is 0 Å². The fraction of sp³-hybridized carbons (Fsp3) is 0.667. The fourth-order valence-corrected chi connectivity index (χ4v) is 1.26. The Morgan fingerprint density at radius 3 is 1.50 bits per heavy atom. The molecule has 0 aliphatic heterocycles. The van der Waals surface area contributed by atoms with E-state index in [-0.39, 0.29) is 19.4 Å². The van der Waals surface area contributed by atoms with Gasteiger partial charge in [0.15, 0.2) is 0 Å². The number of nitrogens with two attached hydrogens (primary N) is 3. The number of hydrogen-bond donors (Lipinski definition) is 7. The van der Waals surface area contributed by atoms with Crippen LogP contribution in [0.4, 0.5) is 0 Å². The molecule has 11 nitrogen and oxygen atoms in total. The SMILES string of the molecule is CSCC[C@@H](N)C(=O)O.NCC(=O)O.N[C@H](CCC(=O)O)C(=O)O. The zero-order valence-corrected chi connectivity index (χ0v) is 14.1. The lowest BCUT2D eigenvalue weighted by Crippen LogP contribution is -2.30. The first-order valence-corrected chi connectivity index (χ1v) is 7.98. The highest BCUT2D eigenvalue weighted by molar-refractivity contribution is 7.98. The van der Waals surface area contributed by atoms with E-state index in [1.165, 1.54) is 0 Å². The second-order valence-electron chi connectivity index (χ2n) is 4.20. The average Bonchev–Trinajstić information content (AvgIpc) is 2.50. The van der Waals surface area contributed by atoms with E-state index in [1.807, 2.05) is 6.26 Å². The van der Waals surface area contributed by atoms with Crippen molar-refractivity contribution in [1.29, 1.82) is 0 Å². The van der Waals surface area contributed by atoms with E-state index in [9.17, 15) is 19.2 Å². The van der Waals surface area contributed by atoms with Crippen LogP contribution in [0.1, 0.15) is 19.3 Å². The number of carboxylic acids is 4. The van der Waals surface area contributed by atoms with Crippen LogP contribution in [0, 0.1) is 0 Å². The summed E-state index contributed by atoms with van der Waals surface area (Å²) < 4.78 is 0. The van der Waals surface area contributed by atoms with Gasteiger partial charge in [0.05, 0.1) is 6.54 Å². The minimum Gasteiger partial charge on any atom is -0.481 e. The molecule has 12 heteroatoms. The van der Waals surface area contributed by atoms with E-state index < -0.39 is 36.0 Å². The van der Waals surface area contributed by atoms with Gasteiger partial charge in [0.1, 0.15) is 12.1 Å². The number of rotatable bonds is 9. The molecule has 0 saturated carbocycles. The number of hydrogen-bond acceptors (Lipinski definition) is 8. The van der Waals surface area contributed by atoms with Gasteiger partial charge in [0.2, 0.25) is 0 Å². The van der Waals surface area contributed by atoms with Crippen LogP contribution in [-0.2, 0) is 19.2 Å².